The van der Waals surface area contributed by atoms with Crippen LogP contribution in [0.4, 0.5) is 11.4 Å². The Balaban J connectivity index is 1.15. The molecule has 0 aliphatic heterocycles. The Morgan fingerprint density at radius 3 is 2.00 bits per heavy atom. The van der Waals surface area contributed by atoms with Crippen LogP contribution in [0.5, 0.6) is 0 Å². The van der Waals surface area contributed by atoms with E-state index in [1.54, 1.807) is 0 Å². The van der Waals surface area contributed by atoms with E-state index in [0.717, 1.165) is 51.4 Å². The molecule has 0 radical (unpaired) electrons. The Kier molecular flexibility index (Phi) is 8.03. The van der Waals surface area contributed by atoms with Crippen molar-refractivity contribution in [1.82, 2.24) is 15.0 Å². The second kappa shape index (κ2) is 13.3. The van der Waals surface area contributed by atoms with E-state index in [2.05, 4.69) is 158 Å². The molecule has 1 unspecified atom stereocenters. The topological polar surface area (TPSA) is 50.7 Å². The summed E-state index contributed by atoms with van der Waals surface area (Å²) >= 11 is 1.83. The summed E-state index contributed by atoms with van der Waals surface area (Å²) in [6, 6.07) is 51.2. The SMILES string of the molecule is CC1C=CC=C(c2nc(-c3ccccc3)nc(-c3cccc(Nc4c(-c5ccc(-c6ccccc6)cc5)ccc5c4sc4ccccc45)c3)n2)C1. The summed E-state index contributed by atoms with van der Waals surface area (Å²) < 4.78 is 2.50. The second-order valence-corrected chi connectivity index (χ2v) is 14.1. The van der Waals surface area contributed by atoms with E-state index in [1.807, 2.05) is 29.5 Å². The largest absolute Gasteiger partial charge is 0.354 e. The Morgan fingerprint density at radius 1 is 0.569 bits per heavy atom. The molecule has 0 amide bonds. The van der Waals surface area contributed by atoms with Crippen LogP contribution in [0.1, 0.15) is 19.2 Å². The molecule has 2 heterocycles. The standard InChI is InChI=1S/C46H34N4S/c1-30-12-10-17-35(28-30)45-48-44(34-15-6-3-7-16-34)49-46(50-45)36-18-11-19-37(29-36)47-42-38(26-27-40-39-20-8-9-21-41(39)51-43(40)42)33-24-22-32(23-25-33)31-13-4-2-5-14-31/h2-27,29-30,47H,28H2,1H3. The summed E-state index contributed by atoms with van der Waals surface area (Å²) in [7, 11) is 0. The fourth-order valence-electron chi connectivity index (χ4n) is 6.88. The normalized spacial score (nSPS) is 14.1. The van der Waals surface area contributed by atoms with Gasteiger partial charge >= 0.3 is 0 Å². The van der Waals surface area contributed by atoms with Gasteiger partial charge in [0, 0.05) is 37.9 Å². The van der Waals surface area contributed by atoms with Crippen molar-refractivity contribution in [3.05, 3.63) is 170 Å². The number of rotatable bonds is 7. The lowest BCUT2D eigenvalue weighted by Crippen LogP contribution is -2.06. The van der Waals surface area contributed by atoms with Gasteiger partial charge in [0.05, 0.1) is 10.4 Å². The van der Waals surface area contributed by atoms with Crippen LogP contribution in [0.15, 0.2) is 164 Å². The van der Waals surface area contributed by atoms with Crippen LogP contribution in [-0.2, 0) is 0 Å². The van der Waals surface area contributed by atoms with Crippen molar-refractivity contribution < 1.29 is 0 Å². The smallest absolute Gasteiger partial charge is 0.164 e. The predicted molar refractivity (Wildman–Crippen MR) is 215 cm³/mol. The number of aromatic nitrogens is 3. The van der Waals surface area contributed by atoms with Crippen LogP contribution in [-0.4, -0.2) is 15.0 Å². The van der Waals surface area contributed by atoms with Gasteiger partial charge in [-0.25, -0.2) is 15.0 Å². The summed E-state index contributed by atoms with van der Waals surface area (Å²) in [4.78, 5) is 15.0. The predicted octanol–water partition coefficient (Wildman–Crippen LogP) is 12.6. The van der Waals surface area contributed by atoms with Crippen LogP contribution < -0.4 is 5.32 Å². The molecule has 244 valence electrons. The number of nitrogens with zero attached hydrogens (tertiary/aromatic N) is 3. The van der Waals surface area contributed by atoms with Gasteiger partial charge < -0.3 is 5.32 Å². The summed E-state index contributed by atoms with van der Waals surface area (Å²) in [6.07, 6.45) is 7.36. The van der Waals surface area contributed by atoms with Crippen molar-refractivity contribution in [2.75, 3.05) is 5.32 Å². The quantitative estimate of drug-likeness (QED) is 0.183. The molecule has 0 bridgehead atoms. The Hall–Kier alpha value is -6.17. The molecule has 2 aromatic heterocycles. The van der Waals surface area contributed by atoms with Crippen molar-refractivity contribution >= 4 is 48.5 Å². The van der Waals surface area contributed by atoms with E-state index in [9.17, 15) is 0 Å². The molecular weight excluding hydrogens is 641 g/mol. The first-order valence-corrected chi connectivity index (χ1v) is 18.1. The number of fused-ring (bicyclic) bond motifs is 3. The van der Waals surface area contributed by atoms with Crippen LogP contribution in [0, 0.1) is 5.92 Å². The van der Waals surface area contributed by atoms with Crippen molar-refractivity contribution in [1.29, 1.82) is 0 Å². The first kappa shape index (κ1) is 30.9. The maximum absolute atomic E-state index is 5.06. The zero-order valence-corrected chi connectivity index (χ0v) is 28.9. The Bertz CT molecular complexity index is 2590. The third-order valence-electron chi connectivity index (χ3n) is 9.47. The summed E-state index contributed by atoms with van der Waals surface area (Å²) in [6.45, 7) is 2.22. The molecule has 0 saturated carbocycles. The van der Waals surface area contributed by atoms with Crippen LogP contribution in [0.2, 0.25) is 0 Å². The first-order valence-electron chi connectivity index (χ1n) is 17.3. The first-order chi connectivity index (χ1) is 25.2. The number of hydrogen-bond donors (Lipinski definition) is 1. The molecule has 1 N–H and O–H groups in total. The number of allylic oxidation sites excluding steroid dienone is 4. The molecule has 1 aliphatic carbocycles. The second-order valence-electron chi connectivity index (χ2n) is 13.0. The highest BCUT2D eigenvalue weighted by Gasteiger charge is 2.18. The van der Waals surface area contributed by atoms with Gasteiger partial charge in [-0.3, -0.25) is 0 Å². The third kappa shape index (κ3) is 6.13. The van der Waals surface area contributed by atoms with Crippen molar-refractivity contribution in [2.24, 2.45) is 5.92 Å². The third-order valence-corrected chi connectivity index (χ3v) is 10.7. The number of nitrogens with one attached hydrogen (secondary N) is 1. The van der Waals surface area contributed by atoms with Crippen molar-refractivity contribution in [3.8, 4) is 45.0 Å². The lowest BCUT2D eigenvalue weighted by Gasteiger charge is -2.16. The van der Waals surface area contributed by atoms with Crippen LogP contribution >= 0.6 is 11.3 Å². The van der Waals surface area contributed by atoms with E-state index < -0.39 is 0 Å². The molecule has 8 aromatic rings. The fourth-order valence-corrected chi connectivity index (χ4v) is 8.09. The molecule has 0 fully saturated rings. The van der Waals surface area contributed by atoms with Gasteiger partial charge in [-0.2, -0.15) is 0 Å². The highest BCUT2D eigenvalue weighted by Crippen LogP contribution is 2.44. The summed E-state index contributed by atoms with van der Waals surface area (Å²) in [5.74, 6) is 2.48. The van der Waals surface area contributed by atoms with E-state index in [1.165, 1.54) is 31.3 Å². The van der Waals surface area contributed by atoms with Crippen LogP contribution in [0.25, 0.3) is 70.8 Å². The average molecular weight is 675 g/mol. The molecule has 1 atom stereocenters. The van der Waals surface area contributed by atoms with Gasteiger partial charge in [0.1, 0.15) is 0 Å². The number of anilines is 2. The molecule has 9 rings (SSSR count). The molecule has 0 saturated heterocycles. The zero-order valence-electron chi connectivity index (χ0n) is 28.1. The van der Waals surface area contributed by atoms with Crippen LogP contribution in [0.3, 0.4) is 0 Å². The highest BCUT2D eigenvalue weighted by molar-refractivity contribution is 7.26. The Morgan fingerprint density at radius 2 is 1.22 bits per heavy atom. The molecule has 6 aromatic carbocycles. The highest BCUT2D eigenvalue weighted by atomic mass is 32.1. The fraction of sp³-hybridized carbons (Fsp3) is 0.0652. The van der Waals surface area contributed by atoms with Gasteiger partial charge in [0.25, 0.3) is 0 Å². The molecule has 4 nitrogen and oxygen atoms in total. The minimum atomic E-state index is 0.429. The van der Waals surface area contributed by atoms with Crippen molar-refractivity contribution in [2.45, 2.75) is 13.3 Å². The van der Waals surface area contributed by atoms with Gasteiger partial charge in [0.15, 0.2) is 17.5 Å². The lowest BCUT2D eigenvalue weighted by molar-refractivity contribution is 0.742. The van der Waals surface area contributed by atoms with Gasteiger partial charge in [-0.15, -0.1) is 11.3 Å². The number of hydrogen-bond acceptors (Lipinski definition) is 5. The van der Waals surface area contributed by atoms with Crippen molar-refractivity contribution in [3.63, 3.8) is 0 Å². The molecule has 0 spiro atoms. The summed E-state index contributed by atoms with van der Waals surface area (Å²) in [5.41, 5.74) is 9.80. The minimum Gasteiger partial charge on any atom is -0.354 e. The Labute approximate surface area is 301 Å². The van der Waals surface area contributed by atoms with Gasteiger partial charge in [-0.05, 0) is 52.8 Å². The van der Waals surface area contributed by atoms with E-state index in [4.69, 9.17) is 15.0 Å². The lowest BCUT2D eigenvalue weighted by atomic mass is 9.95. The summed E-state index contributed by atoms with van der Waals surface area (Å²) in [5, 5.41) is 6.40. The van der Waals surface area contributed by atoms with Gasteiger partial charge in [0.2, 0.25) is 0 Å². The van der Waals surface area contributed by atoms with Gasteiger partial charge in [-0.1, -0.05) is 153 Å². The monoisotopic (exact) mass is 674 g/mol. The number of benzene rings is 6. The number of thiophene rings is 1. The maximum Gasteiger partial charge on any atom is 0.164 e. The zero-order chi connectivity index (χ0) is 34.1. The maximum atomic E-state index is 5.06. The molecule has 1 aliphatic rings. The van der Waals surface area contributed by atoms with E-state index >= 15 is 0 Å². The van der Waals surface area contributed by atoms with E-state index in [-0.39, 0.29) is 0 Å². The average Bonchev–Trinajstić information content (AvgIpc) is 3.58. The molecule has 51 heavy (non-hydrogen) atoms. The van der Waals surface area contributed by atoms with E-state index in [0.29, 0.717) is 17.6 Å². The molecular formula is C46H34N4S. The molecule has 5 heteroatoms. The minimum absolute atomic E-state index is 0.429.